The fourth-order valence-corrected chi connectivity index (χ4v) is 4.71. The zero-order valence-electron chi connectivity index (χ0n) is 16.4. The Kier molecular flexibility index (Phi) is 6.58. The van der Waals surface area contributed by atoms with Crippen LogP contribution in [-0.2, 0) is 14.8 Å². The highest BCUT2D eigenvalue weighted by Crippen LogP contribution is 2.27. The van der Waals surface area contributed by atoms with Gasteiger partial charge in [0, 0.05) is 4.47 Å². The van der Waals surface area contributed by atoms with Crippen LogP contribution in [0.25, 0.3) is 0 Å². The highest BCUT2D eigenvalue weighted by Gasteiger charge is 2.28. The Morgan fingerprint density at radius 3 is 2.33 bits per heavy atom. The molecular weight excluding hydrogens is 471 g/mol. The van der Waals surface area contributed by atoms with Crippen molar-refractivity contribution in [3.63, 3.8) is 0 Å². The van der Waals surface area contributed by atoms with Gasteiger partial charge in [-0.1, -0.05) is 51.8 Å². The van der Waals surface area contributed by atoms with Gasteiger partial charge in [-0.2, -0.15) is 0 Å². The summed E-state index contributed by atoms with van der Waals surface area (Å²) in [4.78, 5) is 12.7. The molecule has 0 spiro atoms. The molecule has 0 aromatic heterocycles. The lowest BCUT2D eigenvalue weighted by molar-refractivity contribution is -0.114. The smallest absolute Gasteiger partial charge is 0.264 e. The predicted octanol–water partition coefficient (Wildman–Crippen LogP) is 5.04. The van der Waals surface area contributed by atoms with E-state index >= 15 is 0 Å². The molecule has 3 aromatic rings. The monoisotopic (exact) mass is 490 g/mol. The molecule has 30 heavy (non-hydrogen) atoms. The zero-order valence-corrected chi connectivity index (χ0v) is 18.8. The molecule has 0 radical (unpaired) electrons. The molecule has 0 atom stereocenters. The minimum Gasteiger partial charge on any atom is -0.322 e. The number of carbonyl (C=O) groups is 1. The Morgan fingerprint density at radius 1 is 1.03 bits per heavy atom. The van der Waals surface area contributed by atoms with Crippen molar-refractivity contribution >= 4 is 43.2 Å². The van der Waals surface area contributed by atoms with Gasteiger partial charge < -0.3 is 5.32 Å². The number of nitrogens with zero attached hydrogens (tertiary/aromatic N) is 1. The number of rotatable bonds is 6. The third kappa shape index (κ3) is 4.88. The molecule has 0 saturated carbocycles. The SMILES string of the molecule is Cc1ccc(S(=O)(=O)N(CC(=O)Nc2ccc(Br)cc2F)c2ccccc2C)cc1. The second-order valence-electron chi connectivity index (χ2n) is 6.78. The molecule has 156 valence electrons. The molecule has 0 saturated heterocycles. The molecule has 0 aliphatic rings. The third-order valence-corrected chi connectivity index (χ3v) is 6.75. The molecule has 0 bridgehead atoms. The van der Waals surface area contributed by atoms with Crippen LogP contribution in [0.5, 0.6) is 0 Å². The van der Waals surface area contributed by atoms with Crippen molar-refractivity contribution in [3.05, 3.63) is 88.1 Å². The van der Waals surface area contributed by atoms with Crippen LogP contribution in [0.2, 0.25) is 0 Å². The summed E-state index contributed by atoms with van der Waals surface area (Å²) in [7, 11) is -4.03. The van der Waals surface area contributed by atoms with Crippen molar-refractivity contribution in [2.75, 3.05) is 16.2 Å². The molecule has 0 unspecified atom stereocenters. The molecule has 1 amide bonds. The maximum Gasteiger partial charge on any atom is 0.264 e. The average Bonchev–Trinajstić information content (AvgIpc) is 2.69. The molecule has 8 heteroatoms. The number of amides is 1. The van der Waals surface area contributed by atoms with Crippen LogP contribution in [0.1, 0.15) is 11.1 Å². The number of para-hydroxylation sites is 1. The lowest BCUT2D eigenvalue weighted by atomic mass is 10.2. The largest absolute Gasteiger partial charge is 0.322 e. The van der Waals surface area contributed by atoms with Crippen molar-refractivity contribution in [2.45, 2.75) is 18.7 Å². The lowest BCUT2D eigenvalue weighted by Crippen LogP contribution is -2.38. The van der Waals surface area contributed by atoms with Gasteiger partial charge in [0.15, 0.2) is 0 Å². The summed E-state index contributed by atoms with van der Waals surface area (Å²) >= 11 is 3.16. The van der Waals surface area contributed by atoms with Crippen molar-refractivity contribution in [1.29, 1.82) is 0 Å². The Balaban J connectivity index is 1.97. The molecule has 3 rings (SSSR count). The highest BCUT2D eigenvalue weighted by molar-refractivity contribution is 9.10. The van der Waals surface area contributed by atoms with Crippen molar-refractivity contribution < 1.29 is 17.6 Å². The van der Waals surface area contributed by atoms with Crippen LogP contribution >= 0.6 is 15.9 Å². The summed E-state index contributed by atoms with van der Waals surface area (Å²) in [6, 6.07) is 17.5. The number of nitrogens with one attached hydrogen (secondary N) is 1. The molecule has 0 fully saturated rings. The second-order valence-corrected chi connectivity index (χ2v) is 9.56. The van der Waals surface area contributed by atoms with E-state index in [1.54, 1.807) is 49.4 Å². The summed E-state index contributed by atoms with van der Waals surface area (Å²) in [6.45, 7) is 3.12. The van der Waals surface area contributed by atoms with Gasteiger partial charge in [0.1, 0.15) is 12.4 Å². The Hall–Kier alpha value is -2.71. The summed E-state index contributed by atoms with van der Waals surface area (Å²) in [6.07, 6.45) is 0. The van der Waals surface area contributed by atoms with E-state index in [0.29, 0.717) is 15.7 Å². The number of sulfonamides is 1. The normalized spacial score (nSPS) is 11.2. The Bertz CT molecular complexity index is 1180. The number of hydrogen-bond donors (Lipinski definition) is 1. The highest BCUT2D eigenvalue weighted by atomic mass is 79.9. The zero-order chi connectivity index (χ0) is 21.9. The van der Waals surface area contributed by atoms with Crippen molar-refractivity contribution in [3.8, 4) is 0 Å². The predicted molar refractivity (Wildman–Crippen MR) is 120 cm³/mol. The summed E-state index contributed by atoms with van der Waals surface area (Å²) < 4.78 is 42.4. The van der Waals surface area contributed by atoms with Gasteiger partial charge in [-0.15, -0.1) is 0 Å². The van der Waals surface area contributed by atoms with Gasteiger partial charge in [0.05, 0.1) is 16.3 Å². The van der Waals surface area contributed by atoms with Crippen LogP contribution in [0.3, 0.4) is 0 Å². The molecule has 0 aliphatic heterocycles. The molecule has 0 aliphatic carbocycles. The summed E-state index contributed by atoms with van der Waals surface area (Å²) in [5, 5.41) is 2.45. The number of aryl methyl sites for hydroxylation is 2. The average molecular weight is 491 g/mol. The minimum atomic E-state index is -4.03. The van der Waals surface area contributed by atoms with Crippen molar-refractivity contribution in [2.24, 2.45) is 0 Å². The maximum atomic E-state index is 14.1. The number of carbonyl (C=O) groups excluding carboxylic acids is 1. The fourth-order valence-electron chi connectivity index (χ4n) is 2.89. The van der Waals surface area contributed by atoms with Crippen LogP contribution in [0.4, 0.5) is 15.8 Å². The van der Waals surface area contributed by atoms with Gasteiger partial charge in [-0.3, -0.25) is 9.10 Å². The third-order valence-electron chi connectivity index (χ3n) is 4.49. The minimum absolute atomic E-state index is 0.0272. The summed E-state index contributed by atoms with van der Waals surface area (Å²) in [5.41, 5.74) is 1.96. The van der Waals surface area contributed by atoms with Gasteiger partial charge in [-0.05, 0) is 55.8 Å². The Morgan fingerprint density at radius 2 is 1.70 bits per heavy atom. The van der Waals surface area contributed by atoms with E-state index in [1.807, 2.05) is 6.92 Å². The van der Waals surface area contributed by atoms with E-state index in [-0.39, 0.29) is 10.6 Å². The lowest BCUT2D eigenvalue weighted by Gasteiger charge is -2.25. The second kappa shape index (κ2) is 8.97. The van der Waals surface area contributed by atoms with E-state index in [0.717, 1.165) is 9.87 Å². The van der Waals surface area contributed by atoms with Crippen LogP contribution in [0, 0.1) is 19.7 Å². The molecule has 1 N–H and O–H groups in total. The van der Waals surface area contributed by atoms with E-state index in [1.165, 1.54) is 24.3 Å². The van der Waals surface area contributed by atoms with Gasteiger partial charge in [-0.25, -0.2) is 12.8 Å². The number of halogens is 2. The van der Waals surface area contributed by atoms with E-state index in [4.69, 9.17) is 0 Å². The van der Waals surface area contributed by atoms with E-state index in [2.05, 4.69) is 21.2 Å². The standard InChI is InChI=1S/C22H20BrFN2O3S/c1-15-7-10-18(11-8-15)30(28,29)26(21-6-4-3-5-16(21)2)14-22(27)25-20-12-9-17(23)13-19(20)24/h3-13H,14H2,1-2H3,(H,25,27). The Labute approximate surface area is 183 Å². The van der Waals surface area contributed by atoms with Crippen LogP contribution < -0.4 is 9.62 Å². The maximum absolute atomic E-state index is 14.1. The molecule has 0 heterocycles. The number of benzene rings is 3. The number of hydrogen-bond acceptors (Lipinski definition) is 3. The van der Waals surface area contributed by atoms with Gasteiger partial charge >= 0.3 is 0 Å². The van der Waals surface area contributed by atoms with E-state index in [9.17, 15) is 17.6 Å². The van der Waals surface area contributed by atoms with E-state index < -0.39 is 28.3 Å². The first-order valence-electron chi connectivity index (χ1n) is 9.08. The quantitative estimate of drug-likeness (QED) is 0.526. The fraction of sp³-hybridized carbons (Fsp3) is 0.136. The van der Waals surface area contributed by atoms with Gasteiger partial charge in [0.2, 0.25) is 5.91 Å². The van der Waals surface area contributed by atoms with Crippen LogP contribution in [-0.4, -0.2) is 20.9 Å². The molecular formula is C22H20BrFN2O3S. The molecule has 3 aromatic carbocycles. The first-order chi connectivity index (χ1) is 14.2. The number of anilines is 2. The topological polar surface area (TPSA) is 66.5 Å². The van der Waals surface area contributed by atoms with Crippen molar-refractivity contribution in [1.82, 2.24) is 0 Å². The first kappa shape index (κ1) is 22.0. The van der Waals surface area contributed by atoms with Gasteiger partial charge in [0.25, 0.3) is 10.0 Å². The summed E-state index contributed by atoms with van der Waals surface area (Å²) in [5.74, 6) is -1.28. The first-order valence-corrected chi connectivity index (χ1v) is 11.3. The van der Waals surface area contributed by atoms with Crippen LogP contribution in [0.15, 0.2) is 76.1 Å². The molecule has 5 nitrogen and oxygen atoms in total.